The second-order valence-electron chi connectivity index (χ2n) is 6.29. The Hall–Kier alpha value is -1.40. The number of isocyanates is 2. The predicted molar refractivity (Wildman–Crippen MR) is 80.3 cm³/mol. The molecule has 0 unspecified atom stereocenters. The summed E-state index contributed by atoms with van der Waals surface area (Å²) in [4.78, 5) is 16.7. The molecule has 8 nitrogen and oxygen atoms in total. The second-order valence-corrected chi connectivity index (χ2v) is 6.29. The Labute approximate surface area is 135 Å². The average Bonchev–Trinajstić information content (AvgIpc) is 2.48. The van der Waals surface area contributed by atoms with E-state index in [1.54, 1.807) is 0 Å². The van der Waals surface area contributed by atoms with Gasteiger partial charge in [0.25, 0.3) is 0 Å². The maximum absolute atomic E-state index is 10.4. The van der Waals surface area contributed by atoms with Crippen molar-refractivity contribution in [3.63, 3.8) is 0 Å². The van der Waals surface area contributed by atoms with Crippen LogP contribution >= 0.6 is 0 Å². The third-order valence-electron chi connectivity index (χ3n) is 4.43. The lowest BCUT2D eigenvalue weighted by molar-refractivity contribution is -0.116. The highest BCUT2D eigenvalue weighted by Gasteiger charge is 2.42. The van der Waals surface area contributed by atoms with E-state index in [1.165, 1.54) is 0 Å². The van der Waals surface area contributed by atoms with Crippen LogP contribution in [0.15, 0.2) is 0 Å². The molecule has 0 radical (unpaired) electrons. The highest BCUT2D eigenvalue weighted by molar-refractivity contribution is 5.26. The summed E-state index contributed by atoms with van der Waals surface area (Å²) in [5.41, 5.74) is -1.65. The van der Waals surface area contributed by atoms with Crippen LogP contribution in [0.4, 0.5) is 0 Å². The van der Waals surface area contributed by atoms with Gasteiger partial charge >= 0.3 is 0 Å². The van der Waals surface area contributed by atoms with Crippen LogP contribution in [0.25, 0.3) is 0 Å². The number of aliphatic hydroxyl groups is 4. The zero-order chi connectivity index (χ0) is 17.9. The van der Waals surface area contributed by atoms with Gasteiger partial charge in [-0.2, -0.15) is 0 Å². The zero-order valence-corrected chi connectivity index (χ0v) is 13.1. The molecule has 0 aliphatic heterocycles. The average molecular weight is 330 g/mol. The van der Waals surface area contributed by atoms with E-state index in [9.17, 15) is 20.4 Å². The molecular weight excluding hydrogens is 304 g/mol. The molecule has 2 rings (SSSR count). The summed E-state index contributed by atoms with van der Waals surface area (Å²) < 4.78 is 0. The Kier molecular flexibility index (Phi) is 9.76. The smallest absolute Gasteiger partial charge is 0.231 e. The molecule has 2 aliphatic rings. The third kappa shape index (κ3) is 8.71. The van der Waals surface area contributed by atoms with Crippen LogP contribution < -0.4 is 0 Å². The van der Waals surface area contributed by atoms with Crippen LogP contribution in [0.2, 0.25) is 0 Å². The van der Waals surface area contributed by atoms with Crippen molar-refractivity contribution < 1.29 is 30.0 Å². The Morgan fingerprint density at radius 1 is 0.783 bits per heavy atom. The molecule has 0 aromatic rings. The van der Waals surface area contributed by atoms with Gasteiger partial charge in [0.2, 0.25) is 12.2 Å². The highest BCUT2D eigenvalue weighted by Crippen LogP contribution is 2.40. The summed E-state index contributed by atoms with van der Waals surface area (Å²) in [6.45, 7) is 0. The summed E-state index contributed by atoms with van der Waals surface area (Å²) in [6.07, 6.45) is 6.06. The van der Waals surface area contributed by atoms with Crippen LogP contribution in [-0.2, 0) is 9.59 Å². The number of aliphatic hydroxyl groups excluding tert-OH is 2. The fourth-order valence-electron chi connectivity index (χ4n) is 3.25. The van der Waals surface area contributed by atoms with Crippen molar-refractivity contribution >= 4 is 12.2 Å². The van der Waals surface area contributed by atoms with Crippen molar-refractivity contribution in [3.8, 4) is 0 Å². The van der Waals surface area contributed by atoms with Gasteiger partial charge in [0.15, 0.2) is 0 Å². The predicted octanol–water partition coefficient (Wildman–Crippen LogP) is 0.510. The van der Waals surface area contributed by atoms with Crippen molar-refractivity contribution in [1.29, 1.82) is 10.8 Å². The van der Waals surface area contributed by atoms with Gasteiger partial charge in [-0.15, -0.1) is 0 Å². The second kappa shape index (κ2) is 10.4. The van der Waals surface area contributed by atoms with Gasteiger partial charge < -0.3 is 20.4 Å². The fourth-order valence-corrected chi connectivity index (χ4v) is 3.25. The van der Waals surface area contributed by atoms with E-state index in [0.717, 1.165) is 12.2 Å². The summed E-state index contributed by atoms with van der Waals surface area (Å²) in [5, 5.41) is 50.6. The molecule has 0 atom stereocenters. The van der Waals surface area contributed by atoms with E-state index in [0.29, 0.717) is 57.8 Å². The van der Waals surface area contributed by atoms with E-state index < -0.39 is 11.2 Å². The number of hydrogen-bond donors (Lipinski definition) is 6. The lowest BCUT2D eigenvalue weighted by Crippen LogP contribution is -2.46. The van der Waals surface area contributed by atoms with Crippen LogP contribution in [0, 0.1) is 10.8 Å². The molecule has 0 bridgehead atoms. The summed E-state index contributed by atoms with van der Waals surface area (Å²) >= 11 is 0. The number of hydrogen-bond acceptors (Lipinski definition) is 8. The number of rotatable bonds is 2. The quantitative estimate of drug-likeness (QED) is 0.319. The van der Waals surface area contributed by atoms with Gasteiger partial charge in [0.1, 0.15) is 0 Å². The molecule has 0 heterocycles. The zero-order valence-electron chi connectivity index (χ0n) is 13.1. The molecule has 0 aromatic heterocycles. The number of nitrogens with one attached hydrogen (secondary N) is 2. The minimum absolute atomic E-state index is 0.293. The molecule has 23 heavy (non-hydrogen) atoms. The van der Waals surface area contributed by atoms with Crippen molar-refractivity contribution in [2.45, 2.75) is 81.2 Å². The Bertz CT molecular complexity index is 362. The van der Waals surface area contributed by atoms with Gasteiger partial charge in [-0.05, 0) is 51.4 Å². The lowest BCUT2D eigenvalue weighted by Gasteiger charge is -2.43. The van der Waals surface area contributed by atoms with E-state index >= 15 is 0 Å². The van der Waals surface area contributed by atoms with E-state index in [1.807, 2.05) is 0 Å². The monoisotopic (exact) mass is 330 g/mol. The van der Waals surface area contributed by atoms with Crippen LogP contribution in [0.3, 0.4) is 0 Å². The summed E-state index contributed by atoms with van der Waals surface area (Å²) in [7, 11) is 0. The SMILES string of the molecule is N=C=O.N=C=O.OC1CCC(O)(CC2(O)CCC(O)CC2)CC1. The first-order chi connectivity index (χ1) is 10.7. The summed E-state index contributed by atoms with van der Waals surface area (Å²) in [6, 6.07) is 0. The Morgan fingerprint density at radius 3 is 1.22 bits per heavy atom. The normalized spacial score (nSPS) is 36.2. The maximum atomic E-state index is 10.4. The van der Waals surface area contributed by atoms with Crippen molar-refractivity contribution in [2.24, 2.45) is 0 Å². The Morgan fingerprint density at radius 2 is 1.00 bits per heavy atom. The first kappa shape index (κ1) is 21.6. The molecule has 0 spiro atoms. The van der Waals surface area contributed by atoms with Gasteiger partial charge in [0.05, 0.1) is 23.4 Å². The molecular formula is C15H26N2O6. The molecule has 2 aliphatic carbocycles. The summed E-state index contributed by atoms with van der Waals surface area (Å²) in [5.74, 6) is 0. The molecule has 8 heteroatoms. The van der Waals surface area contributed by atoms with Crippen molar-refractivity contribution in [1.82, 2.24) is 0 Å². The minimum Gasteiger partial charge on any atom is -0.393 e. The van der Waals surface area contributed by atoms with E-state index in [4.69, 9.17) is 20.4 Å². The van der Waals surface area contributed by atoms with Crippen LogP contribution in [0.1, 0.15) is 57.8 Å². The molecule has 0 amide bonds. The highest BCUT2D eigenvalue weighted by atomic mass is 16.3. The topological polar surface area (TPSA) is 163 Å². The van der Waals surface area contributed by atoms with E-state index in [-0.39, 0.29) is 12.2 Å². The molecule has 2 fully saturated rings. The first-order valence-electron chi connectivity index (χ1n) is 7.63. The van der Waals surface area contributed by atoms with Gasteiger partial charge in [-0.25, -0.2) is 20.4 Å². The van der Waals surface area contributed by atoms with Gasteiger partial charge in [-0.3, -0.25) is 0 Å². The maximum Gasteiger partial charge on any atom is 0.231 e. The minimum atomic E-state index is -0.823. The van der Waals surface area contributed by atoms with Gasteiger partial charge in [-0.1, -0.05) is 0 Å². The Balaban J connectivity index is 0.000000704. The first-order valence-corrected chi connectivity index (χ1v) is 7.63. The largest absolute Gasteiger partial charge is 0.393 e. The lowest BCUT2D eigenvalue weighted by atomic mass is 9.71. The molecule has 132 valence electrons. The molecule has 0 aromatic carbocycles. The van der Waals surface area contributed by atoms with E-state index in [2.05, 4.69) is 0 Å². The van der Waals surface area contributed by atoms with Crippen molar-refractivity contribution in [2.75, 3.05) is 0 Å². The molecule has 2 saturated carbocycles. The molecule has 6 N–H and O–H groups in total. The molecule has 0 saturated heterocycles. The standard InChI is InChI=1S/C13H24O4.2CHNO/c14-10-1-5-12(16,6-2-10)9-13(17)7-3-11(15)4-8-13;2*2-1-3/h10-11,14-17H,1-9H2;2*2H. The third-order valence-corrected chi connectivity index (χ3v) is 4.43. The fraction of sp³-hybridized carbons (Fsp3) is 0.867. The van der Waals surface area contributed by atoms with Crippen molar-refractivity contribution in [3.05, 3.63) is 0 Å². The van der Waals surface area contributed by atoms with Crippen LogP contribution in [0.5, 0.6) is 0 Å². The van der Waals surface area contributed by atoms with Gasteiger partial charge in [0, 0.05) is 6.42 Å². The number of carbonyl (C=O) groups excluding carboxylic acids is 2. The van der Waals surface area contributed by atoms with Crippen LogP contribution in [-0.4, -0.2) is 56.0 Å².